The number of amides is 2. The fraction of sp³-hybridized carbons (Fsp3) is 0.231. The number of imide groups is 1. The number of anilines is 1. The van der Waals surface area contributed by atoms with Gasteiger partial charge in [-0.2, -0.15) is 10.4 Å². The van der Waals surface area contributed by atoms with Gasteiger partial charge in [-0.3, -0.25) is 15.5 Å². The van der Waals surface area contributed by atoms with Gasteiger partial charge in [0.2, 0.25) is 5.71 Å². The molecule has 110 valence electrons. The number of rotatable bonds is 5. The van der Waals surface area contributed by atoms with E-state index >= 15 is 0 Å². The van der Waals surface area contributed by atoms with Gasteiger partial charge in [0.05, 0.1) is 19.4 Å². The number of hydrogen-bond acceptors (Lipinski definition) is 7. The molecule has 1 aromatic carbocycles. The van der Waals surface area contributed by atoms with Crippen LogP contribution in [-0.2, 0) is 9.53 Å². The molecule has 0 saturated carbocycles. The maximum Gasteiger partial charge on any atom is 0.414 e. The van der Waals surface area contributed by atoms with Crippen LogP contribution < -0.4 is 15.5 Å². The summed E-state index contributed by atoms with van der Waals surface area (Å²) in [6.45, 7) is 1.71. The van der Waals surface area contributed by atoms with E-state index < -0.39 is 17.7 Å². The quantitative estimate of drug-likeness (QED) is 0.623. The lowest BCUT2D eigenvalue weighted by Gasteiger charge is -2.04. The maximum absolute atomic E-state index is 11.6. The Kier molecular flexibility index (Phi) is 6.21. The summed E-state index contributed by atoms with van der Waals surface area (Å²) in [6, 6.07) is 8.26. The molecule has 0 unspecified atom stereocenters. The zero-order chi connectivity index (χ0) is 15.7. The van der Waals surface area contributed by atoms with Crippen molar-refractivity contribution in [2.45, 2.75) is 6.92 Å². The summed E-state index contributed by atoms with van der Waals surface area (Å²) >= 11 is 0. The van der Waals surface area contributed by atoms with Gasteiger partial charge in [0.25, 0.3) is 5.91 Å². The molecule has 0 fully saturated rings. The van der Waals surface area contributed by atoms with Gasteiger partial charge in [-0.1, -0.05) is 0 Å². The predicted molar refractivity (Wildman–Crippen MR) is 74.8 cm³/mol. The maximum atomic E-state index is 11.6. The Morgan fingerprint density at radius 3 is 2.52 bits per heavy atom. The van der Waals surface area contributed by atoms with Crippen molar-refractivity contribution in [1.82, 2.24) is 5.32 Å². The zero-order valence-corrected chi connectivity index (χ0v) is 11.5. The summed E-state index contributed by atoms with van der Waals surface area (Å²) in [5.41, 5.74) is 2.58. The van der Waals surface area contributed by atoms with Gasteiger partial charge in [-0.05, 0) is 31.2 Å². The SMILES string of the molecule is CCOC(=O)NC(=O)C(C#N)=NNc1ccc(OC)cc1. The first-order chi connectivity index (χ1) is 10.1. The third-order valence-electron chi connectivity index (χ3n) is 2.20. The molecule has 0 heterocycles. The number of methoxy groups -OCH3 is 1. The van der Waals surface area contributed by atoms with E-state index in [-0.39, 0.29) is 6.61 Å². The minimum Gasteiger partial charge on any atom is -0.497 e. The minimum atomic E-state index is -0.947. The molecule has 0 aliphatic rings. The fourth-order valence-electron chi connectivity index (χ4n) is 1.23. The van der Waals surface area contributed by atoms with Gasteiger partial charge in [0.1, 0.15) is 11.8 Å². The second kappa shape index (κ2) is 8.16. The summed E-state index contributed by atoms with van der Waals surface area (Å²) in [5.74, 6) is -0.290. The van der Waals surface area contributed by atoms with Crippen LogP contribution in [0.2, 0.25) is 0 Å². The third kappa shape index (κ3) is 5.20. The number of ether oxygens (including phenoxy) is 2. The lowest BCUT2D eigenvalue weighted by molar-refractivity contribution is -0.114. The molecule has 2 N–H and O–H groups in total. The number of nitriles is 1. The molecule has 0 aliphatic carbocycles. The smallest absolute Gasteiger partial charge is 0.414 e. The van der Waals surface area contributed by atoms with Gasteiger partial charge in [-0.25, -0.2) is 4.79 Å². The second-order valence-corrected chi connectivity index (χ2v) is 3.59. The lowest BCUT2D eigenvalue weighted by atomic mass is 10.3. The number of carbonyl (C=O) groups excluding carboxylic acids is 2. The first kappa shape index (κ1) is 16.0. The predicted octanol–water partition coefficient (Wildman–Crippen LogP) is 1.26. The first-order valence-corrected chi connectivity index (χ1v) is 5.96. The van der Waals surface area contributed by atoms with E-state index in [1.807, 2.05) is 5.32 Å². The van der Waals surface area contributed by atoms with Gasteiger partial charge in [0, 0.05) is 0 Å². The van der Waals surface area contributed by atoms with Crippen LogP contribution in [0.5, 0.6) is 5.75 Å². The Morgan fingerprint density at radius 1 is 1.33 bits per heavy atom. The number of benzene rings is 1. The summed E-state index contributed by atoms with van der Waals surface area (Å²) in [6.07, 6.45) is -0.935. The summed E-state index contributed by atoms with van der Waals surface area (Å²) in [5, 5.41) is 14.3. The van der Waals surface area contributed by atoms with Crippen LogP contribution in [0.25, 0.3) is 0 Å². The molecule has 0 aliphatic heterocycles. The Balaban J connectivity index is 2.68. The second-order valence-electron chi connectivity index (χ2n) is 3.59. The lowest BCUT2D eigenvalue weighted by Crippen LogP contribution is -2.36. The number of carbonyl (C=O) groups is 2. The molecule has 0 spiro atoms. The molecule has 0 saturated heterocycles. The van der Waals surface area contributed by atoms with Crippen LogP contribution >= 0.6 is 0 Å². The van der Waals surface area contributed by atoms with E-state index in [2.05, 4.69) is 15.3 Å². The molecule has 2 amide bonds. The average Bonchev–Trinajstić information content (AvgIpc) is 2.48. The highest BCUT2D eigenvalue weighted by molar-refractivity contribution is 6.46. The van der Waals surface area contributed by atoms with E-state index in [4.69, 9.17) is 10.00 Å². The van der Waals surface area contributed by atoms with Gasteiger partial charge < -0.3 is 9.47 Å². The summed E-state index contributed by atoms with van der Waals surface area (Å²) in [4.78, 5) is 22.6. The molecule has 1 aromatic rings. The van der Waals surface area contributed by atoms with Crippen molar-refractivity contribution in [3.63, 3.8) is 0 Å². The Hall–Kier alpha value is -3.08. The van der Waals surface area contributed by atoms with Crippen LogP contribution in [0.1, 0.15) is 6.92 Å². The first-order valence-electron chi connectivity index (χ1n) is 5.96. The standard InChI is InChI=1S/C13H14N4O4/c1-3-21-13(19)15-12(18)11(8-14)17-16-9-4-6-10(20-2)7-5-9/h4-7,16H,3H2,1-2H3,(H,15,18,19). The Labute approximate surface area is 121 Å². The molecule has 0 radical (unpaired) electrons. The van der Waals surface area contributed by atoms with Crippen LogP contribution in [0, 0.1) is 11.3 Å². The minimum absolute atomic E-state index is 0.113. The van der Waals surface area contributed by atoms with Crippen molar-refractivity contribution in [1.29, 1.82) is 5.26 Å². The van der Waals surface area contributed by atoms with Crippen molar-refractivity contribution in [2.24, 2.45) is 5.10 Å². The van der Waals surface area contributed by atoms with E-state index in [1.165, 1.54) is 7.11 Å². The molecule has 8 heteroatoms. The molecule has 0 aromatic heterocycles. The van der Waals surface area contributed by atoms with Gasteiger partial charge >= 0.3 is 6.09 Å². The van der Waals surface area contributed by atoms with Crippen molar-refractivity contribution >= 4 is 23.4 Å². The number of nitrogens with one attached hydrogen (secondary N) is 2. The number of nitrogens with zero attached hydrogens (tertiary/aromatic N) is 2. The van der Waals surface area contributed by atoms with Crippen LogP contribution in [0.3, 0.4) is 0 Å². The van der Waals surface area contributed by atoms with E-state index in [9.17, 15) is 9.59 Å². The van der Waals surface area contributed by atoms with E-state index in [0.717, 1.165) is 0 Å². The largest absolute Gasteiger partial charge is 0.497 e. The number of hydrazone groups is 1. The van der Waals surface area contributed by atoms with Crippen molar-refractivity contribution in [3.8, 4) is 11.8 Å². The molecular formula is C13H14N4O4. The van der Waals surface area contributed by atoms with Crippen molar-refractivity contribution in [2.75, 3.05) is 19.1 Å². The Bertz CT molecular complexity index is 575. The van der Waals surface area contributed by atoms with Crippen LogP contribution in [0.4, 0.5) is 10.5 Å². The number of alkyl carbamates (subject to hydrolysis) is 1. The van der Waals surface area contributed by atoms with Crippen molar-refractivity contribution < 1.29 is 19.1 Å². The van der Waals surface area contributed by atoms with Crippen molar-refractivity contribution in [3.05, 3.63) is 24.3 Å². The summed E-state index contributed by atoms with van der Waals surface area (Å²) < 4.78 is 9.52. The third-order valence-corrected chi connectivity index (χ3v) is 2.20. The highest BCUT2D eigenvalue weighted by atomic mass is 16.5. The number of hydrogen-bond donors (Lipinski definition) is 2. The highest BCUT2D eigenvalue weighted by Gasteiger charge is 2.15. The topological polar surface area (TPSA) is 113 Å². The zero-order valence-electron chi connectivity index (χ0n) is 11.5. The normalized spacial score (nSPS) is 10.2. The van der Waals surface area contributed by atoms with Gasteiger partial charge in [0.15, 0.2) is 0 Å². The molecular weight excluding hydrogens is 276 g/mol. The van der Waals surface area contributed by atoms with E-state index in [0.29, 0.717) is 11.4 Å². The monoisotopic (exact) mass is 290 g/mol. The fourth-order valence-corrected chi connectivity index (χ4v) is 1.23. The molecule has 21 heavy (non-hydrogen) atoms. The van der Waals surface area contributed by atoms with E-state index in [1.54, 1.807) is 37.3 Å². The average molecular weight is 290 g/mol. The molecule has 0 bridgehead atoms. The van der Waals surface area contributed by atoms with Gasteiger partial charge in [-0.15, -0.1) is 0 Å². The highest BCUT2D eigenvalue weighted by Crippen LogP contribution is 2.14. The molecule has 0 atom stereocenters. The molecule has 1 rings (SSSR count). The van der Waals surface area contributed by atoms with Crippen LogP contribution in [-0.4, -0.2) is 31.4 Å². The Morgan fingerprint density at radius 2 is 2.00 bits per heavy atom. The van der Waals surface area contributed by atoms with Crippen LogP contribution in [0.15, 0.2) is 29.4 Å². The summed E-state index contributed by atoms with van der Waals surface area (Å²) in [7, 11) is 1.54. The molecule has 8 nitrogen and oxygen atoms in total.